The minimum absolute atomic E-state index is 0.0351. The summed E-state index contributed by atoms with van der Waals surface area (Å²) in [4.78, 5) is 27.1. The van der Waals surface area contributed by atoms with Gasteiger partial charge in [-0.2, -0.15) is 0 Å². The van der Waals surface area contributed by atoms with E-state index in [1.54, 1.807) is 36.5 Å². The van der Waals surface area contributed by atoms with E-state index in [0.717, 1.165) is 59.3 Å². The molecule has 0 unspecified atom stereocenters. The molecule has 1 saturated carbocycles. The largest absolute Gasteiger partial charge is 0.321 e. The van der Waals surface area contributed by atoms with Gasteiger partial charge in [-0.3, -0.25) is 9.78 Å². The van der Waals surface area contributed by atoms with E-state index >= 15 is 0 Å². The predicted octanol–water partition coefficient (Wildman–Crippen LogP) is 5.58. The van der Waals surface area contributed by atoms with E-state index in [9.17, 15) is 13.2 Å². The Labute approximate surface area is 220 Å². The molecular formula is C29H27N5O3S. The van der Waals surface area contributed by atoms with E-state index < -0.39 is 15.9 Å². The molecule has 2 aromatic heterocycles. The van der Waals surface area contributed by atoms with Crippen LogP contribution >= 0.6 is 0 Å². The van der Waals surface area contributed by atoms with Crippen LogP contribution in [0.1, 0.15) is 54.2 Å². The van der Waals surface area contributed by atoms with Gasteiger partial charge in [0.2, 0.25) is 0 Å². The lowest BCUT2D eigenvalue weighted by Crippen LogP contribution is -2.30. The fourth-order valence-electron chi connectivity index (χ4n) is 5.23. The molecule has 8 nitrogen and oxygen atoms in total. The SMILES string of the molecule is Cc1cnc2cc(-c3nc4cc(C(=O)NS(=O)(=O)c5ccccc5)ccc4n3C3CCCCC3)ccc2n1. The third kappa shape index (κ3) is 4.54. The summed E-state index contributed by atoms with van der Waals surface area (Å²) in [6.07, 6.45) is 7.41. The molecule has 1 aliphatic carbocycles. The number of rotatable bonds is 5. The van der Waals surface area contributed by atoms with Gasteiger partial charge in [0.1, 0.15) is 5.82 Å². The normalized spacial score (nSPS) is 14.7. The smallest absolute Gasteiger partial charge is 0.265 e. The van der Waals surface area contributed by atoms with Crippen LogP contribution in [0.5, 0.6) is 0 Å². The predicted molar refractivity (Wildman–Crippen MR) is 146 cm³/mol. The number of imidazole rings is 1. The molecule has 0 radical (unpaired) electrons. The number of amides is 1. The molecule has 1 fully saturated rings. The first kappa shape index (κ1) is 24.2. The van der Waals surface area contributed by atoms with Crippen molar-refractivity contribution in [3.8, 4) is 11.4 Å². The molecule has 192 valence electrons. The van der Waals surface area contributed by atoms with Gasteiger partial charge in [-0.25, -0.2) is 23.1 Å². The van der Waals surface area contributed by atoms with Gasteiger partial charge < -0.3 is 4.57 Å². The quantitative estimate of drug-likeness (QED) is 0.321. The van der Waals surface area contributed by atoms with Crippen LogP contribution in [0.2, 0.25) is 0 Å². The standard InChI is InChI=1S/C29H27N5O3S/c1-19-18-30-25-16-20(12-14-24(25)31-19)28-32-26-17-21(13-15-27(26)34(28)22-8-4-2-5-9-22)29(35)33-38(36,37)23-10-6-3-7-11-23/h3,6-7,10-18,22H,2,4-5,8-9H2,1H3,(H,33,35). The van der Waals surface area contributed by atoms with Gasteiger partial charge in [-0.15, -0.1) is 0 Å². The number of nitrogens with one attached hydrogen (secondary N) is 1. The van der Waals surface area contributed by atoms with E-state index in [1.807, 2.05) is 31.2 Å². The molecule has 0 spiro atoms. The monoisotopic (exact) mass is 525 g/mol. The minimum Gasteiger partial charge on any atom is -0.321 e. The van der Waals surface area contributed by atoms with Crippen LogP contribution in [0.25, 0.3) is 33.5 Å². The van der Waals surface area contributed by atoms with Crippen LogP contribution in [-0.4, -0.2) is 33.8 Å². The summed E-state index contributed by atoms with van der Waals surface area (Å²) in [5, 5.41) is 0. The summed E-state index contributed by atoms with van der Waals surface area (Å²) in [6.45, 7) is 1.92. The number of aromatic nitrogens is 4. The van der Waals surface area contributed by atoms with Crippen molar-refractivity contribution in [3.63, 3.8) is 0 Å². The van der Waals surface area contributed by atoms with Crippen molar-refractivity contribution in [2.45, 2.75) is 50.0 Å². The fraction of sp³-hybridized carbons (Fsp3) is 0.241. The van der Waals surface area contributed by atoms with Crippen molar-refractivity contribution < 1.29 is 13.2 Å². The summed E-state index contributed by atoms with van der Waals surface area (Å²) in [5.41, 5.74) is 5.20. The zero-order valence-corrected chi connectivity index (χ0v) is 21.8. The second kappa shape index (κ2) is 9.64. The summed E-state index contributed by atoms with van der Waals surface area (Å²) in [6, 6.07) is 19.3. The Kier molecular flexibility index (Phi) is 6.15. The van der Waals surface area contributed by atoms with Crippen LogP contribution < -0.4 is 4.72 Å². The van der Waals surface area contributed by atoms with Crippen LogP contribution in [0.3, 0.4) is 0 Å². The van der Waals surface area contributed by atoms with Crippen molar-refractivity contribution in [2.75, 3.05) is 0 Å². The molecule has 1 aliphatic rings. The van der Waals surface area contributed by atoms with Gasteiger partial charge in [0, 0.05) is 23.4 Å². The van der Waals surface area contributed by atoms with Crippen LogP contribution in [0, 0.1) is 6.92 Å². The van der Waals surface area contributed by atoms with Crippen molar-refractivity contribution in [1.29, 1.82) is 0 Å². The van der Waals surface area contributed by atoms with Gasteiger partial charge in [-0.1, -0.05) is 37.5 Å². The molecule has 5 aromatic rings. The third-order valence-electron chi connectivity index (χ3n) is 7.09. The highest BCUT2D eigenvalue weighted by atomic mass is 32.2. The Hall–Kier alpha value is -4.11. The first-order valence-corrected chi connectivity index (χ1v) is 14.3. The van der Waals surface area contributed by atoms with E-state index in [0.29, 0.717) is 11.6 Å². The molecule has 1 amide bonds. The molecule has 38 heavy (non-hydrogen) atoms. The Morgan fingerprint density at radius 1 is 0.895 bits per heavy atom. The number of hydrogen-bond acceptors (Lipinski definition) is 6. The summed E-state index contributed by atoms with van der Waals surface area (Å²) < 4.78 is 29.8. The summed E-state index contributed by atoms with van der Waals surface area (Å²) in [7, 11) is -3.99. The average Bonchev–Trinajstić information content (AvgIpc) is 3.32. The fourth-order valence-corrected chi connectivity index (χ4v) is 6.23. The second-order valence-corrected chi connectivity index (χ2v) is 11.4. The van der Waals surface area contributed by atoms with Crippen molar-refractivity contribution in [1.82, 2.24) is 24.2 Å². The number of carbonyl (C=O) groups is 1. The molecule has 2 heterocycles. The Morgan fingerprint density at radius 3 is 2.47 bits per heavy atom. The van der Waals surface area contributed by atoms with Crippen molar-refractivity contribution in [3.05, 3.63) is 84.2 Å². The van der Waals surface area contributed by atoms with Gasteiger partial charge in [0.15, 0.2) is 0 Å². The molecular weight excluding hydrogens is 498 g/mol. The van der Waals surface area contributed by atoms with Crippen LogP contribution in [-0.2, 0) is 10.0 Å². The van der Waals surface area contributed by atoms with E-state index in [2.05, 4.69) is 19.3 Å². The average molecular weight is 526 g/mol. The van der Waals surface area contributed by atoms with E-state index in [-0.39, 0.29) is 10.5 Å². The lowest BCUT2D eigenvalue weighted by molar-refractivity contribution is 0.0981. The number of benzene rings is 3. The maximum absolute atomic E-state index is 13.0. The zero-order valence-electron chi connectivity index (χ0n) is 21.0. The van der Waals surface area contributed by atoms with E-state index in [1.165, 1.54) is 18.6 Å². The van der Waals surface area contributed by atoms with Gasteiger partial charge in [0.25, 0.3) is 15.9 Å². The minimum atomic E-state index is -3.99. The van der Waals surface area contributed by atoms with E-state index in [4.69, 9.17) is 4.98 Å². The lowest BCUT2D eigenvalue weighted by Gasteiger charge is -2.25. The van der Waals surface area contributed by atoms with Crippen molar-refractivity contribution in [2.24, 2.45) is 0 Å². The third-order valence-corrected chi connectivity index (χ3v) is 8.44. The first-order chi connectivity index (χ1) is 18.4. The number of hydrogen-bond donors (Lipinski definition) is 1. The molecule has 0 bridgehead atoms. The Morgan fingerprint density at radius 2 is 1.68 bits per heavy atom. The van der Waals surface area contributed by atoms with Gasteiger partial charge in [0.05, 0.1) is 32.7 Å². The number of nitrogens with zero attached hydrogens (tertiary/aromatic N) is 4. The van der Waals surface area contributed by atoms with Crippen LogP contribution in [0.15, 0.2) is 77.8 Å². The number of aryl methyl sites for hydroxylation is 1. The maximum atomic E-state index is 13.0. The maximum Gasteiger partial charge on any atom is 0.265 e. The lowest BCUT2D eigenvalue weighted by atomic mass is 9.94. The van der Waals surface area contributed by atoms with Gasteiger partial charge >= 0.3 is 0 Å². The number of sulfonamides is 1. The first-order valence-electron chi connectivity index (χ1n) is 12.8. The van der Waals surface area contributed by atoms with Crippen molar-refractivity contribution >= 4 is 38.0 Å². The Balaban J connectivity index is 1.42. The molecule has 6 rings (SSSR count). The molecule has 9 heteroatoms. The summed E-state index contributed by atoms with van der Waals surface area (Å²) >= 11 is 0. The Bertz CT molecular complexity index is 1770. The highest BCUT2D eigenvalue weighted by Crippen LogP contribution is 2.36. The molecule has 0 aliphatic heterocycles. The molecule has 0 saturated heterocycles. The molecule has 3 aromatic carbocycles. The zero-order chi connectivity index (χ0) is 26.3. The second-order valence-electron chi connectivity index (χ2n) is 9.76. The highest BCUT2D eigenvalue weighted by Gasteiger charge is 2.24. The van der Waals surface area contributed by atoms with Crippen LogP contribution in [0.4, 0.5) is 0 Å². The topological polar surface area (TPSA) is 107 Å². The number of fused-ring (bicyclic) bond motifs is 2. The molecule has 0 atom stereocenters. The number of carbonyl (C=O) groups excluding carboxylic acids is 1. The summed E-state index contributed by atoms with van der Waals surface area (Å²) in [5.74, 6) is 0.117. The highest BCUT2D eigenvalue weighted by molar-refractivity contribution is 7.90. The van der Waals surface area contributed by atoms with Gasteiger partial charge in [-0.05, 0) is 68.3 Å². The molecule has 1 N–H and O–H groups in total.